The first-order valence-corrected chi connectivity index (χ1v) is 8.38. The number of rotatable bonds is 4. The molecule has 1 unspecified atom stereocenters. The molecule has 1 aliphatic rings. The maximum absolute atomic E-state index is 13.6. The second kappa shape index (κ2) is 5.73. The lowest BCUT2D eigenvalue weighted by atomic mass is 9.80. The smallest absolute Gasteiger partial charge is 0.251 e. The highest BCUT2D eigenvalue weighted by molar-refractivity contribution is 7.89. The van der Waals surface area contributed by atoms with Crippen molar-refractivity contribution in [3.05, 3.63) is 29.1 Å². The predicted molar refractivity (Wildman–Crippen MR) is 76.8 cm³/mol. The van der Waals surface area contributed by atoms with Crippen LogP contribution in [0, 0.1) is 18.7 Å². The van der Waals surface area contributed by atoms with E-state index in [9.17, 15) is 17.6 Å². The predicted octanol–water partition coefficient (Wildman–Crippen LogP) is 1.70. The van der Waals surface area contributed by atoms with E-state index in [-0.39, 0.29) is 22.1 Å². The second-order valence-corrected chi connectivity index (χ2v) is 7.10. The van der Waals surface area contributed by atoms with E-state index in [1.165, 1.54) is 6.92 Å². The topological polar surface area (TPSA) is 89.3 Å². The molecule has 5 nitrogen and oxygen atoms in total. The van der Waals surface area contributed by atoms with Crippen LogP contribution in [0.1, 0.15) is 42.1 Å². The zero-order chi connectivity index (χ0) is 15.8. The molecule has 1 aliphatic carbocycles. The first kappa shape index (κ1) is 15.9. The molecule has 1 atom stereocenters. The van der Waals surface area contributed by atoms with Gasteiger partial charge in [-0.3, -0.25) is 4.79 Å². The minimum absolute atomic E-state index is 0.00481. The zero-order valence-electron chi connectivity index (χ0n) is 12.0. The highest BCUT2D eigenvalue weighted by Gasteiger charge is 2.27. The van der Waals surface area contributed by atoms with Gasteiger partial charge in [0.25, 0.3) is 5.91 Å². The summed E-state index contributed by atoms with van der Waals surface area (Å²) in [5, 5.41) is 7.85. The zero-order valence-corrected chi connectivity index (χ0v) is 12.8. The van der Waals surface area contributed by atoms with Gasteiger partial charge in [-0.1, -0.05) is 6.42 Å². The van der Waals surface area contributed by atoms with E-state index < -0.39 is 21.7 Å². The fraction of sp³-hybridized carbons (Fsp3) is 0.500. The summed E-state index contributed by atoms with van der Waals surface area (Å²) in [6.07, 6.45) is 3.28. The number of nitrogens with one attached hydrogen (secondary N) is 1. The number of carbonyl (C=O) groups is 1. The molecule has 0 aliphatic heterocycles. The summed E-state index contributed by atoms with van der Waals surface area (Å²) in [7, 11) is -4.07. The highest BCUT2D eigenvalue weighted by Crippen LogP contribution is 2.29. The van der Waals surface area contributed by atoms with E-state index >= 15 is 0 Å². The molecule has 116 valence electrons. The monoisotopic (exact) mass is 314 g/mol. The van der Waals surface area contributed by atoms with Crippen LogP contribution in [0.5, 0.6) is 0 Å². The Labute approximate surface area is 123 Å². The van der Waals surface area contributed by atoms with Crippen molar-refractivity contribution in [2.24, 2.45) is 11.1 Å². The Morgan fingerprint density at radius 3 is 2.52 bits per heavy atom. The van der Waals surface area contributed by atoms with Crippen molar-refractivity contribution in [1.82, 2.24) is 5.32 Å². The number of sulfonamides is 1. The van der Waals surface area contributed by atoms with Crippen molar-refractivity contribution in [3.8, 4) is 0 Å². The van der Waals surface area contributed by atoms with E-state index in [0.29, 0.717) is 5.92 Å². The van der Waals surface area contributed by atoms with Crippen molar-refractivity contribution < 1.29 is 17.6 Å². The van der Waals surface area contributed by atoms with E-state index in [2.05, 4.69) is 5.32 Å². The number of carbonyl (C=O) groups excluding carboxylic acids is 1. The molecule has 3 N–H and O–H groups in total. The van der Waals surface area contributed by atoms with Gasteiger partial charge in [0, 0.05) is 11.6 Å². The van der Waals surface area contributed by atoms with Crippen LogP contribution in [0.4, 0.5) is 4.39 Å². The van der Waals surface area contributed by atoms with Gasteiger partial charge in [-0.25, -0.2) is 17.9 Å². The number of primary sulfonamides is 1. The summed E-state index contributed by atoms with van der Waals surface area (Å²) >= 11 is 0. The van der Waals surface area contributed by atoms with Crippen LogP contribution in [0.25, 0.3) is 0 Å². The van der Waals surface area contributed by atoms with Gasteiger partial charge >= 0.3 is 0 Å². The lowest BCUT2D eigenvalue weighted by molar-refractivity contribution is 0.0908. The van der Waals surface area contributed by atoms with Gasteiger partial charge in [-0.05, 0) is 50.3 Å². The molecule has 1 aromatic rings. The molecular formula is C14H19FN2O3S. The summed E-state index contributed by atoms with van der Waals surface area (Å²) < 4.78 is 36.5. The summed E-state index contributed by atoms with van der Waals surface area (Å²) in [6.45, 7) is 3.35. The molecule has 0 radical (unpaired) electrons. The third-order valence-electron chi connectivity index (χ3n) is 4.09. The third kappa shape index (κ3) is 3.41. The summed E-state index contributed by atoms with van der Waals surface area (Å²) in [5.41, 5.74) is 0.169. The van der Waals surface area contributed by atoms with Crippen LogP contribution in [-0.4, -0.2) is 20.4 Å². The Hall–Kier alpha value is -1.47. The Balaban J connectivity index is 2.30. The molecule has 1 saturated carbocycles. The fourth-order valence-electron chi connectivity index (χ4n) is 2.53. The average molecular weight is 314 g/mol. The van der Waals surface area contributed by atoms with Crippen LogP contribution in [-0.2, 0) is 10.0 Å². The van der Waals surface area contributed by atoms with E-state index in [1.807, 2.05) is 6.92 Å². The third-order valence-corrected chi connectivity index (χ3v) is 5.13. The van der Waals surface area contributed by atoms with Crippen LogP contribution in [0.15, 0.2) is 17.0 Å². The number of amides is 1. The normalized spacial score (nSPS) is 17.1. The second-order valence-electron chi connectivity index (χ2n) is 5.57. The number of nitrogens with two attached hydrogens (primary N) is 1. The molecule has 7 heteroatoms. The molecule has 0 heterocycles. The molecule has 1 amide bonds. The van der Waals surface area contributed by atoms with Gasteiger partial charge in [0.1, 0.15) is 5.82 Å². The lowest BCUT2D eigenvalue weighted by Gasteiger charge is -2.32. The standard InChI is InChI=1S/C14H19FN2O3S/c1-8-12(6-11(15)7-13(8)21(16,19)20)14(18)17-9(2)10-4-3-5-10/h6-7,9-10H,3-5H2,1-2H3,(H,17,18)(H2,16,19,20). The molecule has 21 heavy (non-hydrogen) atoms. The fourth-order valence-corrected chi connectivity index (χ4v) is 3.34. The van der Waals surface area contributed by atoms with Crippen LogP contribution in [0.3, 0.4) is 0 Å². The van der Waals surface area contributed by atoms with Crippen LogP contribution < -0.4 is 10.5 Å². The lowest BCUT2D eigenvalue weighted by Crippen LogP contribution is -2.41. The Morgan fingerprint density at radius 2 is 2.05 bits per heavy atom. The number of benzene rings is 1. The Morgan fingerprint density at radius 1 is 1.43 bits per heavy atom. The molecule has 1 aromatic carbocycles. The summed E-state index contributed by atoms with van der Waals surface area (Å²) in [6, 6.07) is 1.84. The van der Waals surface area contributed by atoms with E-state index in [0.717, 1.165) is 31.4 Å². The van der Waals surface area contributed by atoms with Gasteiger partial charge in [-0.2, -0.15) is 0 Å². The van der Waals surface area contributed by atoms with Crippen molar-refractivity contribution in [3.63, 3.8) is 0 Å². The molecule has 1 fully saturated rings. The Kier molecular flexibility index (Phi) is 4.34. The first-order chi connectivity index (χ1) is 9.70. The van der Waals surface area contributed by atoms with Crippen LogP contribution >= 0.6 is 0 Å². The molecular weight excluding hydrogens is 295 g/mol. The van der Waals surface area contributed by atoms with Crippen molar-refractivity contribution >= 4 is 15.9 Å². The highest BCUT2D eigenvalue weighted by atomic mass is 32.2. The van der Waals surface area contributed by atoms with E-state index in [1.54, 1.807) is 0 Å². The maximum Gasteiger partial charge on any atom is 0.251 e. The summed E-state index contributed by atoms with van der Waals surface area (Å²) in [5.74, 6) is -0.845. The molecule has 0 spiro atoms. The Bertz CT molecular complexity index is 669. The minimum Gasteiger partial charge on any atom is -0.349 e. The van der Waals surface area contributed by atoms with E-state index in [4.69, 9.17) is 5.14 Å². The largest absolute Gasteiger partial charge is 0.349 e. The molecule has 0 bridgehead atoms. The SMILES string of the molecule is Cc1c(C(=O)NC(C)C2CCC2)cc(F)cc1S(N)(=O)=O. The van der Waals surface area contributed by atoms with Gasteiger partial charge < -0.3 is 5.32 Å². The minimum atomic E-state index is -4.07. The van der Waals surface area contributed by atoms with Gasteiger partial charge in [-0.15, -0.1) is 0 Å². The van der Waals surface area contributed by atoms with Crippen molar-refractivity contribution in [2.75, 3.05) is 0 Å². The number of hydrogen-bond acceptors (Lipinski definition) is 3. The van der Waals surface area contributed by atoms with Gasteiger partial charge in [0.15, 0.2) is 0 Å². The molecule has 2 rings (SSSR count). The molecule has 0 aromatic heterocycles. The van der Waals surface area contributed by atoms with Crippen molar-refractivity contribution in [1.29, 1.82) is 0 Å². The van der Waals surface area contributed by atoms with Gasteiger partial charge in [0.05, 0.1) is 4.90 Å². The summed E-state index contributed by atoms with van der Waals surface area (Å²) in [4.78, 5) is 11.9. The van der Waals surface area contributed by atoms with Crippen molar-refractivity contribution in [2.45, 2.75) is 44.0 Å². The number of hydrogen-bond donors (Lipinski definition) is 2. The average Bonchev–Trinajstić information content (AvgIpc) is 2.27. The van der Waals surface area contributed by atoms with Gasteiger partial charge in [0.2, 0.25) is 10.0 Å². The quantitative estimate of drug-likeness (QED) is 0.886. The van der Waals surface area contributed by atoms with Crippen LogP contribution in [0.2, 0.25) is 0 Å². The maximum atomic E-state index is 13.6. The number of halogens is 1. The molecule has 0 saturated heterocycles. The first-order valence-electron chi connectivity index (χ1n) is 6.84.